The van der Waals surface area contributed by atoms with E-state index in [4.69, 9.17) is 4.74 Å². The van der Waals surface area contributed by atoms with Gasteiger partial charge in [-0.05, 0) is 59.9 Å². The maximum atomic E-state index is 13.9. The number of rotatable bonds is 4. The summed E-state index contributed by atoms with van der Waals surface area (Å²) in [5.41, 5.74) is 2.97. The Morgan fingerprint density at radius 1 is 0.974 bits per heavy atom. The van der Waals surface area contributed by atoms with Crippen molar-refractivity contribution in [1.82, 2.24) is 0 Å². The zero-order chi connectivity index (χ0) is 27.0. The monoisotopic (exact) mass is 520 g/mol. The van der Waals surface area contributed by atoms with E-state index >= 15 is 0 Å². The summed E-state index contributed by atoms with van der Waals surface area (Å²) in [4.78, 5) is 28.8. The maximum Gasteiger partial charge on any atom is 0.416 e. The molecule has 1 aliphatic heterocycles. The zero-order valence-electron chi connectivity index (χ0n) is 21.0. The minimum absolute atomic E-state index is 0.103. The number of amides is 1. The molecule has 0 spiro atoms. The molecule has 3 aromatic rings. The zero-order valence-corrected chi connectivity index (χ0v) is 21.0. The summed E-state index contributed by atoms with van der Waals surface area (Å²) < 4.78 is 45.2. The number of alkyl halides is 3. The van der Waals surface area contributed by atoms with Crippen molar-refractivity contribution in [3.8, 4) is 5.75 Å². The molecule has 0 unspecified atom stereocenters. The first-order valence-corrected chi connectivity index (χ1v) is 12.5. The molecule has 5 rings (SSSR count). The van der Waals surface area contributed by atoms with E-state index in [1.54, 1.807) is 31.1 Å². The number of hydrogen-bond donors (Lipinski definition) is 1. The van der Waals surface area contributed by atoms with Gasteiger partial charge in [-0.3, -0.25) is 14.5 Å². The van der Waals surface area contributed by atoms with Gasteiger partial charge in [-0.15, -0.1) is 0 Å². The van der Waals surface area contributed by atoms with E-state index in [-0.39, 0.29) is 30.4 Å². The first-order chi connectivity index (χ1) is 18.2. The maximum absolute atomic E-state index is 13.9. The van der Waals surface area contributed by atoms with E-state index in [1.165, 1.54) is 12.1 Å². The first kappa shape index (κ1) is 25.6. The van der Waals surface area contributed by atoms with Crippen molar-refractivity contribution in [3.63, 3.8) is 0 Å². The number of methoxy groups -OCH3 is 1. The Bertz CT molecular complexity index is 1400. The van der Waals surface area contributed by atoms with Gasteiger partial charge in [-0.25, -0.2) is 0 Å². The second-order valence-electron chi connectivity index (χ2n) is 9.48. The van der Waals surface area contributed by atoms with E-state index < -0.39 is 17.8 Å². The number of carbonyl (C=O) groups excluding carboxylic acids is 2. The summed E-state index contributed by atoms with van der Waals surface area (Å²) in [6.07, 6.45) is -3.61. The fraction of sp³-hybridized carbons (Fsp3) is 0.267. The third-order valence-corrected chi connectivity index (χ3v) is 7.20. The average molecular weight is 521 g/mol. The number of ketones is 1. The van der Waals surface area contributed by atoms with Crippen molar-refractivity contribution in [1.29, 1.82) is 0 Å². The predicted molar refractivity (Wildman–Crippen MR) is 139 cm³/mol. The topological polar surface area (TPSA) is 58.6 Å². The van der Waals surface area contributed by atoms with Gasteiger partial charge >= 0.3 is 6.18 Å². The largest absolute Gasteiger partial charge is 0.497 e. The molecule has 0 aromatic heterocycles. The third-order valence-electron chi connectivity index (χ3n) is 7.20. The number of carbonyl (C=O) groups is 2. The summed E-state index contributed by atoms with van der Waals surface area (Å²) in [5.74, 6) is 0.232. The second kappa shape index (κ2) is 10.0. The lowest BCUT2D eigenvalue weighted by molar-refractivity contribution is -0.137. The van der Waals surface area contributed by atoms with Gasteiger partial charge in [0.05, 0.1) is 30.1 Å². The van der Waals surface area contributed by atoms with E-state index in [9.17, 15) is 22.8 Å². The Morgan fingerprint density at radius 2 is 1.63 bits per heavy atom. The molecule has 3 aromatic carbocycles. The molecule has 1 heterocycles. The summed E-state index contributed by atoms with van der Waals surface area (Å²) >= 11 is 0. The molecule has 0 fully saturated rings. The number of nitrogens with zero attached hydrogens (tertiary/aromatic N) is 1. The molecule has 2 aliphatic rings. The highest BCUT2D eigenvalue weighted by Gasteiger charge is 2.41. The van der Waals surface area contributed by atoms with Crippen molar-refractivity contribution in [2.24, 2.45) is 0 Å². The van der Waals surface area contributed by atoms with Crippen LogP contribution < -0.4 is 15.0 Å². The van der Waals surface area contributed by atoms with Gasteiger partial charge in [0, 0.05) is 24.1 Å². The number of benzene rings is 3. The van der Waals surface area contributed by atoms with Crippen LogP contribution in [0.2, 0.25) is 0 Å². The van der Waals surface area contributed by atoms with Crippen LogP contribution in [-0.2, 0) is 15.8 Å². The van der Waals surface area contributed by atoms with Gasteiger partial charge in [-0.2, -0.15) is 13.2 Å². The van der Waals surface area contributed by atoms with E-state index in [0.717, 1.165) is 17.7 Å². The summed E-state index contributed by atoms with van der Waals surface area (Å²) in [6.45, 7) is 1.73. The number of allylic oxidation sites excluding steroid dienone is 1. The predicted octanol–water partition coefficient (Wildman–Crippen LogP) is 7.02. The molecular weight excluding hydrogens is 493 g/mol. The number of anilines is 2. The molecule has 5 nitrogen and oxygen atoms in total. The van der Waals surface area contributed by atoms with Gasteiger partial charge in [0.25, 0.3) is 0 Å². The molecule has 0 saturated carbocycles. The number of halogens is 3. The van der Waals surface area contributed by atoms with Gasteiger partial charge in [0.15, 0.2) is 5.78 Å². The van der Waals surface area contributed by atoms with Crippen molar-refractivity contribution in [2.75, 3.05) is 17.3 Å². The van der Waals surface area contributed by atoms with Crippen LogP contribution >= 0.6 is 0 Å². The summed E-state index contributed by atoms with van der Waals surface area (Å²) in [7, 11) is 1.59. The Balaban J connectivity index is 1.66. The van der Waals surface area contributed by atoms with E-state index in [2.05, 4.69) is 5.32 Å². The third kappa shape index (κ3) is 4.66. The Kier molecular flexibility index (Phi) is 6.73. The number of hydrogen-bond acceptors (Lipinski definition) is 4. The van der Waals surface area contributed by atoms with Gasteiger partial charge in [0.2, 0.25) is 5.91 Å². The van der Waals surface area contributed by atoms with Crippen LogP contribution in [0.4, 0.5) is 24.5 Å². The number of nitrogens with one attached hydrogen (secondary N) is 1. The van der Waals surface area contributed by atoms with E-state index in [1.807, 2.05) is 36.4 Å². The number of ether oxygens (including phenoxy) is 1. The van der Waals surface area contributed by atoms with Crippen LogP contribution in [0.15, 0.2) is 84.1 Å². The standard InChI is InChI=1S/C30H27F3N2O3/c1-3-27(37)35-25-7-5-4-6-23(25)34-24-16-20(18-10-14-22(38-2)15-11-18)17-26(36)28(24)29(35)19-8-12-21(13-9-19)30(31,32)33/h4-15,20,29,34H,3,16-17H2,1-2H3/t20-,29-/m1/s1. The van der Waals surface area contributed by atoms with Crippen LogP contribution in [-0.4, -0.2) is 18.8 Å². The Hall–Kier alpha value is -4.07. The number of fused-ring (bicyclic) bond motifs is 1. The van der Waals surface area contributed by atoms with Crippen LogP contribution in [0.5, 0.6) is 5.75 Å². The summed E-state index contributed by atoms with van der Waals surface area (Å²) in [6, 6.07) is 18.7. The molecule has 8 heteroatoms. The van der Waals surface area contributed by atoms with Gasteiger partial charge < -0.3 is 10.1 Å². The smallest absolute Gasteiger partial charge is 0.416 e. The molecule has 0 radical (unpaired) electrons. The molecule has 38 heavy (non-hydrogen) atoms. The highest BCUT2D eigenvalue weighted by Crippen LogP contribution is 2.48. The minimum Gasteiger partial charge on any atom is -0.497 e. The van der Waals surface area contributed by atoms with Gasteiger partial charge in [-0.1, -0.05) is 43.3 Å². The lowest BCUT2D eigenvalue weighted by atomic mass is 9.78. The highest BCUT2D eigenvalue weighted by atomic mass is 19.4. The van der Waals surface area contributed by atoms with Crippen LogP contribution in [0.25, 0.3) is 0 Å². The van der Waals surface area contributed by atoms with Crippen LogP contribution in [0.1, 0.15) is 54.8 Å². The molecule has 1 aliphatic carbocycles. The van der Waals surface area contributed by atoms with Crippen molar-refractivity contribution < 1.29 is 27.5 Å². The van der Waals surface area contributed by atoms with Crippen molar-refractivity contribution in [2.45, 2.75) is 44.3 Å². The lowest BCUT2D eigenvalue weighted by Gasteiger charge is -2.35. The summed E-state index contributed by atoms with van der Waals surface area (Å²) in [5, 5.41) is 3.42. The van der Waals surface area contributed by atoms with Gasteiger partial charge in [0.1, 0.15) is 5.75 Å². The SMILES string of the molecule is CCC(=O)N1c2ccccc2NC2=C(C(=O)C[C@H](c3ccc(OC)cc3)C2)[C@H]1c1ccc(C(F)(F)F)cc1. The first-order valence-electron chi connectivity index (χ1n) is 12.5. The second-order valence-corrected chi connectivity index (χ2v) is 9.48. The quantitative estimate of drug-likeness (QED) is 0.402. The van der Waals surface area contributed by atoms with Crippen LogP contribution in [0, 0.1) is 0 Å². The van der Waals surface area contributed by atoms with Crippen LogP contribution in [0.3, 0.4) is 0 Å². The van der Waals surface area contributed by atoms with Crippen molar-refractivity contribution in [3.05, 3.63) is 101 Å². The lowest BCUT2D eigenvalue weighted by Crippen LogP contribution is -2.38. The molecule has 1 amide bonds. The van der Waals surface area contributed by atoms with E-state index in [0.29, 0.717) is 40.4 Å². The fourth-order valence-corrected chi connectivity index (χ4v) is 5.32. The fourth-order valence-electron chi connectivity index (χ4n) is 5.32. The minimum atomic E-state index is -4.49. The van der Waals surface area contributed by atoms with Crippen molar-refractivity contribution >= 4 is 23.1 Å². The highest BCUT2D eigenvalue weighted by molar-refractivity contribution is 6.06. The molecular formula is C30H27F3N2O3. The molecule has 2 atom stereocenters. The molecule has 196 valence electrons. The number of Topliss-reactive ketones (excluding diaryl/α,β-unsaturated/α-hetero) is 1. The number of para-hydroxylation sites is 2. The Labute approximate surface area is 218 Å². The molecule has 0 saturated heterocycles. The normalized spacial score (nSPS) is 19.3. The molecule has 1 N–H and O–H groups in total. The molecule has 0 bridgehead atoms. The average Bonchev–Trinajstić information content (AvgIpc) is 3.07. The Morgan fingerprint density at radius 3 is 2.26 bits per heavy atom.